The molecule has 30 heavy (non-hydrogen) atoms. The van der Waals surface area contributed by atoms with Crippen molar-refractivity contribution in [2.45, 2.75) is 0 Å². The lowest BCUT2D eigenvalue weighted by Crippen LogP contribution is -2.49. The highest BCUT2D eigenvalue weighted by atomic mass is 16.4. The van der Waals surface area contributed by atoms with Crippen LogP contribution in [0.25, 0.3) is 0 Å². The Morgan fingerprint density at radius 2 is 0.800 bits per heavy atom. The summed E-state index contributed by atoms with van der Waals surface area (Å²) in [7, 11) is 3.31. The number of hydrogen-bond acceptors (Lipinski definition) is 8. The predicted molar refractivity (Wildman–Crippen MR) is 107 cm³/mol. The molecule has 0 aromatic rings. The lowest BCUT2D eigenvalue weighted by Gasteiger charge is -2.33. The molecule has 3 N–H and O–H groups in total. The van der Waals surface area contributed by atoms with Crippen molar-refractivity contribution in [2.24, 2.45) is 0 Å². The number of carboxylic acids is 3. The minimum atomic E-state index is -0.995. The standard InChI is InChI=1S/C18H33N5O7/c1-19(2)15(24)11-20-3-5-21(12-16(25)26)7-9-23(14-18(29)30)10-8-22(6-4-20)13-17(27)28/h3-14H2,1-2H3,(H,25,26)(H,27,28)(H,29,30). The Balaban J connectivity index is 2.95. The van der Waals surface area contributed by atoms with E-state index in [1.807, 2.05) is 4.90 Å². The van der Waals surface area contributed by atoms with Crippen LogP contribution in [0.1, 0.15) is 0 Å². The second-order valence-electron chi connectivity index (χ2n) is 7.57. The van der Waals surface area contributed by atoms with Crippen LogP contribution in [-0.4, -0.2) is 156 Å². The lowest BCUT2D eigenvalue weighted by atomic mass is 10.3. The first kappa shape index (κ1) is 25.8. The summed E-state index contributed by atoms with van der Waals surface area (Å²) in [6.07, 6.45) is 0. The average molecular weight is 431 g/mol. The van der Waals surface area contributed by atoms with Crippen molar-refractivity contribution in [3.05, 3.63) is 0 Å². The topological polar surface area (TPSA) is 145 Å². The van der Waals surface area contributed by atoms with Crippen molar-refractivity contribution in [3.63, 3.8) is 0 Å². The summed E-state index contributed by atoms with van der Waals surface area (Å²) >= 11 is 0. The zero-order valence-electron chi connectivity index (χ0n) is 17.7. The first-order valence-corrected chi connectivity index (χ1v) is 9.81. The van der Waals surface area contributed by atoms with Crippen LogP contribution in [0.5, 0.6) is 0 Å². The fourth-order valence-corrected chi connectivity index (χ4v) is 3.12. The van der Waals surface area contributed by atoms with E-state index in [9.17, 15) is 29.4 Å². The molecule has 1 aliphatic rings. The molecule has 1 aliphatic heterocycles. The molecule has 0 bridgehead atoms. The second-order valence-corrected chi connectivity index (χ2v) is 7.57. The number of nitrogens with zero attached hydrogens (tertiary/aromatic N) is 5. The van der Waals surface area contributed by atoms with Crippen molar-refractivity contribution in [1.82, 2.24) is 24.5 Å². The van der Waals surface area contributed by atoms with Crippen LogP contribution < -0.4 is 0 Å². The van der Waals surface area contributed by atoms with E-state index in [2.05, 4.69) is 0 Å². The maximum absolute atomic E-state index is 12.2. The third kappa shape index (κ3) is 11.0. The molecule has 0 aliphatic carbocycles. The van der Waals surface area contributed by atoms with E-state index in [1.54, 1.807) is 28.8 Å². The van der Waals surface area contributed by atoms with Gasteiger partial charge in [-0.15, -0.1) is 0 Å². The maximum atomic E-state index is 12.2. The molecule has 0 spiro atoms. The first-order chi connectivity index (χ1) is 14.1. The first-order valence-electron chi connectivity index (χ1n) is 9.81. The Hall–Kier alpha value is -2.28. The normalized spacial score (nSPS) is 18.9. The summed E-state index contributed by atoms with van der Waals surface area (Å²) in [5.41, 5.74) is 0. The number of hydrogen-bond donors (Lipinski definition) is 3. The number of amides is 1. The molecule has 1 amide bonds. The lowest BCUT2D eigenvalue weighted by molar-refractivity contribution is -0.140. The van der Waals surface area contributed by atoms with Gasteiger partial charge in [0.15, 0.2) is 0 Å². The second kappa shape index (κ2) is 13.1. The fourth-order valence-electron chi connectivity index (χ4n) is 3.12. The van der Waals surface area contributed by atoms with Crippen LogP contribution in [0.3, 0.4) is 0 Å². The molecule has 1 fully saturated rings. The van der Waals surface area contributed by atoms with Gasteiger partial charge in [0.05, 0.1) is 26.2 Å². The van der Waals surface area contributed by atoms with Crippen molar-refractivity contribution < 1.29 is 34.5 Å². The van der Waals surface area contributed by atoms with Gasteiger partial charge < -0.3 is 20.2 Å². The van der Waals surface area contributed by atoms with Crippen LogP contribution in [0.2, 0.25) is 0 Å². The van der Waals surface area contributed by atoms with Crippen molar-refractivity contribution in [3.8, 4) is 0 Å². The van der Waals surface area contributed by atoms with Gasteiger partial charge in [0.25, 0.3) is 0 Å². The van der Waals surface area contributed by atoms with E-state index in [4.69, 9.17) is 5.11 Å². The highest BCUT2D eigenvalue weighted by Gasteiger charge is 2.21. The fraction of sp³-hybridized carbons (Fsp3) is 0.778. The number of carboxylic acid groups (broad SMARTS) is 3. The molecule has 0 aromatic heterocycles. The molecule has 12 nitrogen and oxygen atoms in total. The predicted octanol–water partition coefficient (Wildman–Crippen LogP) is -2.45. The van der Waals surface area contributed by atoms with Gasteiger partial charge in [-0.1, -0.05) is 0 Å². The molecule has 0 unspecified atom stereocenters. The van der Waals surface area contributed by atoms with Crippen LogP contribution in [0, 0.1) is 0 Å². The number of aliphatic carboxylic acids is 3. The highest BCUT2D eigenvalue weighted by Crippen LogP contribution is 2.02. The number of rotatable bonds is 8. The highest BCUT2D eigenvalue weighted by molar-refractivity contribution is 5.77. The van der Waals surface area contributed by atoms with Crippen LogP contribution in [0.15, 0.2) is 0 Å². The molecule has 0 aromatic carbocycles. The Labute approximate surface area is 176 Å². The van der Waals surface area contributed by atoms with Crippen molar-refractivity contribution in [2.75, 3.05) is 92.6 Å². The SMILES string of the molecule is CN(C)C(=O)CN1CCN(CC(=O)O)CCN(CC(=O)O)CCN(CC(=O)O)CC1. The van der Waals surface area contributed by atoms with E-state index in [0.717, 1.165) is 0 Å². The summed E-state index contributed by atoms with van der Waals surface area (Å²) in [4.78, 5) is 54.2. The van der Waals surface area contributed by atoms with Gasteiger partial charge in [-0.3, -0.25) is 38.8 Å². The van der Waals surface area contributed by atoms with Gasteiger partial charge in [0, 0.05) is 66.5 Å². The minimum absolute atomic E-state index is 0.0932. The molecule has 172 valence electrons. The van der Waals surface area contributed by atoms with Gasteiger partial charge in [-0.05, 0) is 0 Å². The number of carbonyl (C=O) groups excluding carboxylic acids is 1. The largest absolute Gasteiger partial charge is 0.480 e. The molecule has 0 atom stereocenters. The molecule has 1 rings (SSSR count). The van der Waals surface area contributed by atoms with Gasteiger partial charge in [0.1, 0.15) is 0 Å². The zero-order valence-corrected chi connectivity index (χ0v) is 17.7. The Bertz CT molecular complexity index is 569. The Morgan fingerprint density at radius 3 is 1.00 bits per heavy atom. The minimum Gasteiger partial charge on any atom is -0.480 e. The van der Waals surface area contributed by atoms with Gasteiger partial charge in [-0.25, -0.2) is 0 Å². The van der Waals surface area contributed by atoms with E-state index in [1.165, 1.54) is 4.90 Å². The molecule has 0 saturated carbocycles. The van der Waals surface area contributed by atoms with Crippen molar-refractivity contribution >= 4 is 23.8 Å². The molecular weight excluding hydrogens is 398 g/mol. The molecule has 0 radical (unpaired) electrons. The smallest absolute Gasteiger partial charge is 0.317 e. The van der Waals surface area contributed by atoms with E-state index in [0.29, 0.717) is 52.4 Å². The van der Waals surface area contributed by atoms with Crippen LogP contribution >= 0.6 is 0 Å². The number of likely N-dealkylation sites (N-methyl/N-ethyl adjacent to an activating group) is 1. The molecular formula is C18H33N5O7. The number of carbonyl (C=O) groups is 4. The summed E-state index contributed by atoms with van der Waals surface area (Å²) in [5, 5.41) is 27.5. The summed E-state index contributed by atoms with van der Waals surface area (Å²) < 4.78 is 0. The summed E-state index contributed by atoms with van der Waals surface area (Å²) in [6.45, 7) is 2.66. The summed E-state index contributed by atoms with van der Waals surface area (Å²) in [6, 6.07) is 0. The third-order valence-electron chi connectivity index (χ3n) is 4.86. The van der Waals surface area contributed by atoms with E-state index >= 15 is 0 Å². The summed E-state index contributed by atoms with van der Waals surface area (Å²) in [5.74, 6) is -3.04. The van der Waals surface area contributed by atoms with Gasteiger partial charge in [-0.2, -0.15) is 0 Å². The van der Waals surface area contributed by atoms with Crippen LogP contribution in [-0.2, 0) is 19.2 Å². The van der Waals surface area contributed by atoms with E-state index in [-0.39, 0.29) is 32.1 Å². The van der Waals surface area contributed by atoms with Crippen LogP contribution in [0.4, 0.5) is 0 Å². The van der Waals surface area contributed by atoms with E-state index < -0.39 is 17.9 Å². The Kier molecular flexibility index (Phi) is 11.3. The van der Waals surface area contributed by atoms with Gasteiger partial charge in [0.2, 0.25) is 5.91 Å². The molecule has 1 heterocycles. The maximum Gasteiger partial charge on any atom is 0.317 e. The molecule has 12 heteroatoms. The Morgan fingerprint density at radius 1 is 0.567 bits per heavy atom. The van der Waals surface area contributed by atoms with Gasteiger partial charge >= 0.3 is 17.9 Å². The zero-order chi connectivity index (χ0) is 22.7. The monoisotopic (exact) mass is 431 g/mol. The third-order valence-corrected chi connectivity index (χ3v) is 4.86. The molecule has 1 saturated heterocycles. The van der Waals surface area contributed by atoms with Crippen molar-refractivity contribution in [1.29, 1.82) is 0 Å². The quantitative estimate of drug-likeness (QED) is 0.376. The average Bonchev–Trinajstić information content (AvgIpc) is 2.62.